The average molecular weight is 133 g/mol. The quantitative estimate of drug-likeness (QED) is 0.457. The third-order valence-electron chi connectivity index (χ3n) is 1.25. The van der Waals surface area contributed by atoms with Crippen LogP contribution in [-0.2, 0) is 4.79 Å². The lowest BCUT2D eigenvalue weighted by Gasteiger charge is -1.97. The first-order chi connectivity index (χ1) is 4.88. The van der Waals surface area contributed by atoms with E-state index in [4.69, 9.17) is 0 Å². The Balaban J connectivity index is 2.54. The number of ketones is 1. The fraction of sp³-hybridized carbons (Fsp3) is 0. The number of rotatable bonds is 0. The van der Waals surface area contributed by atoms with E-state index in [9.17, 15) is 4.79 Å². The predicted molar refractivity (Wildman–Crippen MR) is 37.5 cm³/mol. The van der Waals surface area contributed by atoms with Crippen LogP contribution in [0.3, 0.4) is 0 Å². The molecule has 0 N–H and O–H groups in total. The van der Waals surface area contributed by atoms with Crippen molar-refractivity contribution >= 4 is 24.0 Å². The molecule has 10 heavy (non-hydrogen) atoms. The second kappa shape index (κ2) is 1.70. The lowest BCUT2D eigenvalue weighted by molar-refractivity contribution is -0.107. The van der Waals surface area contributed by atoms with Crippen molar-refractivity contribution in [3.05, 3.63) is 11.9 Å². The van der Waals surface area contributed by atoms with Gasteiger partial charge in [0.25, 0.3) is 0 Å². The Morgan fingerprint density at radius 2 is 2.30 bits per heavy atom. The van der Waals surface area contributed by atoms with Gasteiger partial charge in [-0.25, -0.2) is 9.98 Å². The molecule has 0 amide bonds. The topological polar surface area (TPSA) is 54.1 Å². The molecule has 0 aromatic carbocycles. The van der Waals surface area contributed by atoms with E-state index < -0.39 is 0 Å². The van der Waals surface area contributed by atoms with E-state index >= 15 is 0 Å². The molecule has 0 unspecified atom stereocenters. The molecule has 0 spiro atoms. The van der Waals surface area contributed by atoms with Gasteiger partial charge in [0, 0.05) is 0 Å². The minimum atomic E-state index is -0.171. The molecule has 4 nitrogen and oxygen atoms in total. The Morgan fingerprint density at radius 3 is 3.10 bits per heavy atom. The second-order valence-electron chi connectivity index (χ2n) is 1.88. The molecule has 0 aromatic rings. The minimum Gasteiger partial charge on any atom is -0.286 e. The number of aliphatic imine (C=N–C) groups is 3. The van der Waals surface area contributed by atoms with Crippen LogP contribution in [0.15, 0.2) is 26.9 Å². The molecule has 0 aliphatic carbocycles. The molecule has 0 bridgehead atoms. The van der Waals surface area contributed by atoms with Crippen LogP contribution in [0.1, 0.15) is 0 Å². The number of hydrogen-bond acceptors (Lipinski definition) is 4. The summed E-state index contributed by atoms with van der Waals surface area (Å²) < 4.78 is 0. The SMILES string of the molecule is O=C1C=NC=C2N=CN=C12. The number of carbonyl (C=O) groups is 1. The van der Waals surface area contributed by atoms with Gasteiger partial charge in [-0.15, -0.1) is 0 Å². The van der Waals surface area contributed by atoms with Crippen molar-refractivity contribution in [2.75, 3.05) is 0 Å². The summed E-state index contributed by atoms with van der Waals surface area (Å²) in [5.74, 6) is -0.171. The van der Waals surface area contributed by atoms with Crippen LogP contribution in [0, 0.1) is 0 Å². The molecular formula is C6H3N3O. The molecule has 2 rings (SSSR count). The highest BCUT2D eigenvalue weighted by molar-refractivity contribution is 6.66. The van der Waals surface area contributed by atoms with Gasteiger partial charge < -0.3 is 0 Å². The fourth-order valence-electron chi connectivity index (χ4n) is 0.797. The van der Waals surface area contributed by atoms with Crippen molar-refractivity contribution in [3.8, 4) is 0 Å². The van der Waals surface area contributed by atoms with Crippen molar-refractivity contribution in [2.45, 2.75) is 0 Å². The summed E-state index contributed by atoms with van der Waals surface area (Å²) in [5, 5.41) is 0. The zero-order valence-electron chi connectivity index (χ0n) is 4.98. The monoisotopic (exact) mass is 133 g/mol. The molecule has 0 radical (unpaired) electrons. The number of hydrogen-bond donors (Lipinski definition) is 0. The molecule has 0 aromatic heterocycles. The van der Waals surface area contributed by atoms with Crippen LogP contribution < -0.4 is 0 Å². The first kappa shape index (κ1) is 5.22. The number of nitrogens with zero attached hydrogens (tertiary/aromatic N) is 3. The summed E-state index contributed by atoms with van der Waals surface area (Å²) in [6.07, 6.45) is 4.11. The first-order valence-corrected chi connectivity index (χ1v) is 2.76. The van der Waals surface area contributed by atoms with E-state index in [-0.39, 0.29) is 5.78 Å². The zero-order chi connectivity index (χ0) is 6.97. The fourth-order valence-corrected chi connectivity index (χ4v) is 0.797. The number of allylic oxidation sites excluding steroid dienone is 1. The summed E-state index contributed by atoms with van der Waals surface area (Å²) in [6, 6.07) is 0. The molecule has 4 heteroatoms. The van der Waals surface area contributed by atoms with Gasteiger partial charge in [-0.3, -0.25) is 9.79 Å². The summed E-state index contributed by atoms with van der Waals surface area (Å²) in [6.45, 7) is 0. The Bertz CT molecular complexity index is 303. The average Bonchev–Trinajstić information content (AvgIpc) is 2.36. The van der Waals surface area contributed by atoms with Crippen molar-refractivity contribution < 1.29 is 4.79 Å². The van der Waals surface area contributed by atoms with E-state index in [0.29, 0.717) is 11.4 Å². The molecule has 0 atom stereocenters. The largest absolute Gasteiger partial charge is 0.286 e. The summed E-state index contributed by atoms with van der Waals surface area (Å²) >= 11 is 0. The first-order valence-electron chi connectivity index (χ1n) is 2.76. The zero-order valence-corrected chi connectivity index (χ0v) is 4.98. The Labute approximate surface area is 56.7 Å². The summed E-state index contributed by atoms with van der Waals surface area (Å²) in [5.41, 5.74) is 0.961. The van der Waals surface area contributed by atoms with Gasteiger partial charge in [0.2, 0.25) is 5.78 Å². The lowest BCUT2D eigenvalue weighted by Crippen LogP contribution is -2.17. The second-order valence-corrected chi connectivity index (χ2v) is 1.88. The Morgan fingerprint density at radius 1 is 1.40 bits per heavy atom. The van der Waals surface area contributed by atoms with Crippen LogP contribution in [-0.4, -0.2) is 24.0 Å². The van der Waals surface area contributed by atoms with Crippen LogP contribution >= 0.6 is 0 Å². The van der Waals surface area contributed by atoms with Crippen LogP contribution in [0.5, 0.6) is 0 Å². The van der Waals surface area contributed by atoms with Crippen molar-refractivity contribution in [3.63, 3.8) is 0 Å². The van der Waals surface area contributed by atoms with Gasteiger partial charge in [0.1, 0.15) is 17.7 Å². The third kappa shape index (κ3) is 0.556. The van der Waals surface area contributed by atoms with Crippen LogP contribution in [0.25, 0.3) is 0 Å². The third-order valence-corrected chi connectivity index (χ3v) is 1.25. The van der Waals surface area contributed by atoms with Crippen LogP contribution in [0.4, 0.5) is 0 Å². The van der Waals surface area contributed by atoms with Crippen molar-refractivity contribution in [1.82, 2.24) is 0 Å². The standard InChI is InChI=1S/C6H3N3O/c10-5-2-7-1-4-6(5)9-3-8-4/h1-3H. The minimum absolute atomic E-state index is 0.171. The van der Waals surface area contributed by atoms with Crippen molar-refractivity contribution in [1.29, 1.82) is 0 Å². The smallest absolute Gasteiger partial charge is 0.224 e. The normalized spacial score (nSPS) is 20.6. The molecule has 0 fully saturated rings. The molecule has 0 saturated heterocycles. The number of Topliss-reactive ketones (excluding diaryl/α,β-unsaturated/α-hetero) is 1. The highest BCUT2D eigenvalue weighted by atomic mass is 16.1. The Kier molecular flexibility index (Phi) is 0.887. The number of fused-ring (bicyclic) bond motifs is 1. The number of carbonyl (C=O) groups excluding carboxylic acids is 1. The van der Waals surface area contributed by atoms with E-state index in [2.05, 4.69) is 15.0 Å². The maximum Gasteiger partial charge on any atom is 0.224 e. The van der Waals surface area contributed by atoms with Gasteiger partial charge in [-0.2, -0.15) is 0 Å². The molecule has 2 aliphatic heterocycles. The molecule has 0 saturated carbocycles. The van der Waals surface area contributed by atoms with E-state index in [1.54, 1.807) is 0 Å². The maximum absolute atomic E-state index is 10.9. The van der Waals surface area contributed by atoms with Gasteiger partial charge in [0.15, 0.2) is 0 Å². The van der Waals surface area contributed by atoms with Crippen LogP contribution in [0.2, 0.25) is 0 Å². The van der Waals surface area contributed by atoms with E-state index in [1.165, 1.54) is 18.8 Å². The molecule has 2 heterocycles. The molecule has 48 valence electrons. The maximum atomic E-state index is 10.9. The Hall–Kier alpha value is -1.58. The highest BCUT2D eigenvalue weighted by Gasteiger charge is 2.19. The van der Waals surface area contributed by atoms with Gasteiger partial charge in [0.05, 0.1) is 12.4 Å². The van der Waals surface area contributed by atoms with E-state index in [0.717, 1.165) is 0 Å². The molecule has 2 aliphatic rings. The predicted octanol–water partition coefficient (Wildman–Crippen LogP) is -0.0358. The lowest BCUT2D eigenvalue weighted by atomic mass is 10.2. The highest BCUT2D eigenvalue weighted by Crippen LogP contribution is 2.09. The summed E-state index contributed by atoms with van der Waals surface area (Å²) in [4.78, 5) is 22.1. The van der Waals surface area contributed by atoms with Gasteiger partial charge >= 0.3 is 0 Å². The molecular weight excluding hydrogens is 130 g/mol. The van der Waals surface area contributed by atoms with E-state index in [1.807, 2.05) is 0 Å². The van der Waals surface area contributed by atoms with Crippen molar-refractivity contribution in [2.24, 2.45) is 15.0 Å². The summed E-state index contributed by atoms with van der Waals surface area (Å²) in [7, 11) is 0. The van der Waals surface area contributed by atoms with Gasteiger partial charge in [-0.1, -0.05) is 0 Å². The van der Waals surface area contributed by atoms with Gasteiger partial charge in [-0.05, 0) is 0 Å².